The van der Waals surface area contributed by atoms with Gasteiger partial charge in [0.1, 0.15) is 49.7 Å². The number of ketones is 1. The van der Waals surface area contributed by atoms with Crippen LogP contribution in [0.2, 0.25) is 5.15 Å². The number of thioether (sulfide) groups is 4. The van der Waals surface area contributed by atoms with Crippen molar-refractivity contribution in [3.63, 3.8) is 0 Å². The fraction of sp³-hybridized carbons (Fsp3) is 0.449. The molecular weight excluding hydrogens is 1470 g/mol. The van der Waals surface area contributed by atoms with Crippen LogP contribution in [-0.2, 0) is 14.6 Å². The first-order valence-corrected chi connectivity index (χ1v) is 39.6. The Morgan fingerprint density at radius 1 is 0.515 bits per heavy atom. The van der Waals surface area contributed by atoms with E-state index < -0.39 is 28.9 Å². The summed E-state index contributed by atoms with van der Waals surface area (Å²) in [6.07, 6.45) is 0.550. The lowest BCUT2D eigenvalue weighted by molar-refractivity contribution is -0.275. The van der Waals surface area contributed by atoms with Gasteiger partial charge >= 0.3 is 19.1 Å². The molecule has 5 fully saturated rings. The summed E-state index contributed by atoms with van der Waals surface area (Å²) in [7, 11) is -2.91. The van der Waals surface area contributed by atoms with Gasteiger partial charge < -0.3 is 30.6 Å². The minimum Gasteiger partial charge on any atom is -0.406 e. The molecule has 5 aliphatic rings. The van der Waals surface area contributed by atoms with Crippen LogP contribution in [0.4, 0.5) is 51.1 Å². The Bertz CT molecular complexity index is 4300. The third kappa shape index (κ3) is 26.9. The quantitative estimate of drug-likeness (QED) is 0.0909. The monoisotopic (exact) mass is 1550 g/mol. The molecule has 5 aliphatic heterocycles. The molecule has 6 aromatic heterocycles. The lowest BCUT2D eigenvalue weighted by atomic mass is 10.0. The number of nitrogens with one attached hydrogen (secondary N) is 2. The Labute approximate surface area is 613 Å². The normalized spacial score (nSPS) is 16.8. The number of aromatic nitrogens is 9. The van der Waals surface area contributed by atoms with E-state index in [1.54, 1.807) is 57.7 Å². The van der Waals surface area contributed by atoms with Crippen molar-refractivity contribution in [3.05, 3.63) is 133 Å². The molecule has 5 saturated heterocycles. The fourth-order valence-corrected chi connectivity index (χ4v) is 17.1. The van der Waals surface area contributed by atoms with Crippen LogP contribution in [0.3, 0.4) is 0 Å². The van der Waals surface area contributed by atoms with Gasteiger partial charge in [-0.15, -0.1) is 49.7 Å². The molecular formula is C69H79ClF9N13O6S5. The van der Waals surface area contributed by atoms with Crippen LogP contribution < -0.4 is 30.6 Å². The van der Waals surface area contributed by atoms with E-state index in [0.29, 0.717) is 99.4 Å². The molecule has 0 atom stereocenters. The van der Waals surface area contributed by atoms with Crippen LogP contribution in [0.25, 0.3) is 50.7 Å². The first-order valence-electron chi connectivity index (χ1n) is 32.7. The second-order valence-corrected chi connectivity index (χ2v) is 31.5. The number of alkyl halides is 9. The highest BCUT2D eigenvalue weighted by atomic mass is 35.5. The number of halogens is 10. The number of fused-ring (bicyclic) bond motifs is 3. The van der Waals surface area contributed by atoms with Crippen LogP contribution in [0.5, 0.6) is 17.2 Å². The van der Waals surface area contributed by atoms with Gasteiger partial charge in [0.2, 0.25) is 0 Å². The standard InChI is InChI=1S/C19H19F3N4O3S.C19H19F3N4OS.C13H7ClF3N3O.C6H13NS.C6H9NS.C5H8OS.CH4/c20-19(21,22)29-15-3-1-2-14(10-15)16-12-24-18-5-4-17(25-26(16)18)23-11-13-6-8-30(27,28)9-7-13;20-19(21,22)27-15-3-1-2-14(10-15)16-12-24-18-5-4-17(25-26(16)18)23-11-13-6-8-28-9-7-13;14-11-4-5-12-18-7-10(20(12)19-11)8-2-1-3-9(6-8)21-13(15,16)17;2*7-5-6-1-3-8-4-2-6;6-5-1-3-7-4-2-5;/h1-5,10,12-13H,6-9,11H2,(H,23,25);1-5,10,12-13H,6-9,11H2,(H,23,25);1-7H;6H,1-5,7H2;6H,1-4H2;1-4H2;1H4. The summed E-state index contributed by atoms with van der Waals surface area (Å²) in [5.41, 5.74) is 10.3. The molecule has 34 heteroatoms. The average molecular weight is 1550 g/mol. The Morgan fingerprint density at radius 2 is 0.874 bits per heavy atom. The molecule has 556 valence electrons. The Kier molecular flexibility index (Phi) is 30.9. The van der Waals surface area contributed by atoms with E-state index in [4.69, 9.17) is 22.6 Å². The molecule has 0 spiro atoms. The average Bonchev–Trinajstić information content (AvgIpc) is 1.69. The van der Waals surface area contributed by atoms with Crippen molar-refractivity contribution in [2.75, 3.05) is 87.8 Å². The van der Waals surface area contributed by atoms with Crippen molar-refractivity contribution < 1.29 is 66.9 Å². The van der Waals surface area contributed by atoms with E-state index in [0.717, 1.165) is 56.2 Å². The molecule has 0 amide bonds. The van der Waals surface area contributed by atoms with E-state index in [1.807, 2.05) is 47.4 Å². The number of carbonyl (C=O) groups is 1. The van der Waals surface area contributed by atoms with Crippen molar-refractivity contribution in [3.8, 4) is 57.1 Å². The van der Waals surface area contributed by atoms with Crippen LogP contribution in [0, 0.1) is 35.0 Å². The predicted molar refractivity (Wildman–Crippen MR) is 392 cm³/mol. The summed E-state index contributed by atoms with van der Waals surface area (Å²) in [6.45, 7) is 2.35. The first kappa shape index (κ1) is 81.3. The fourth-order valence-electron chi connectivity index (χ4n) is 10.9. The summed E-state index contributed by atoms with van der Waals surface area (Å²) in [4.78, 5) is 23.1. The number of ether oxygens (including phenoxy) is 3. The SMILES string of the molecule is C.FC(F)(F)Oc1cccc(-c2cnc3ccc(Cl)nn23)c1.FC(F)(F)Oc1cccc(-c2cnc3ccc(NCC4CCSCC4)nn23)c1.N#CC1CCSCC1.NCC1CCSCC1.O=C1CCSCC1.O=S1(=O)CCC(CNc2ccc3ncc(-c4cccc(OC(F)(F)F)c4)n3n2)CC1. The van der Waals surface area contributed by atoms with E-state index in [2.05, 4.69) is 72.9 Å². The van der Waals surface area contributed by atoms with Gasteiger partial charge in [-0.05, 0) is 183 Å². The molecule has 0 bridgehead atoms. The Balaban J connectivity index is 0.000000170. The summed E-state index contributed by atoms with van der Waals surface area (Å²) in [6, 6.07) is 29.8. The van der Waals surface area contributed by atoms with Gasteiger partial charge in [0.05, 0.1) is 53.2 Å². The maximum atomic E-state index is 12.5. The second kappa shape index (κ2) is 39.1. The molecule has 0 aliphatic carbocycles. The highest BCUT2D eigenvalue weighted by molar-refractivity contribution is 8.00. The number of nitrogens with zero attached hydrogens (tertiary/aromatic N) is 10. The molecule has 14 rings (SSSR count). The minimum atomic E-state index is -4.77. The molecule has 19 nitrogen and oxygen atoms in total. The second-order valence-electron chi connectivity index (χ2n) is 23.9. The number of carbonyl (C=O) groups excluding carboxylic acids is 1. The van der Waals surface area contributed by atoms with E-state index in [9.17, 15) is 52.7 Å². The summed E-state index contributed by atoms with van der Waals surface area (Å²) >= 11 is 13.7. The number of benzene rings is 3. The topological polar surface area (TPSA) is 243 Å². The maximum absolute atomic E-state index is 12.5. The summed E-state index contributed by atoms with van der Waals surface area (Å²) < 4.78 is 151. The van der Waals surface area contributed by atoms with Crippen molar-refractivity contribution in [1.29, 1.82) is 5.26 Å². The number of nitriles is 1. The third-order valence-corrected chi connectivity index (χ3v) is 22.5. The smallest absolute Gasteiger partial charge is 0.406 e. The number of anilines is 2. The molecule has 103 heavy (non-hydrogen) atoms. The number of imidazole rings is 3. The van der Waals surface area contributed by atoms with E-state index in [1.165, 1.54) is 132 Å². The number of rotatable bonds is 13. The Morgan fingerprint density at radius 3 is 1.22 bits per heavy atom. The zero-order chi connectivity index (χ0) is 72.7. The molecule has 3 aromatic carbocycles. The number of Topliss-reactive ketones (excluding diaryl/α,β-unsaturated/α-hetero) is 1. The molecule has 11 heterocycles. The third-order valence-electron chi connectivity index (χ3n) is 16.4. The van der Waals surface area contributed by atoms with Crippen molar-refractivity contribution >= 4 is 103 Å². The van der Waals surface area contributed by atoms with E-state index in [-0.39, 0.29) is 47.3 Å². The number of nitrogens with two attached hydrogens (primary N) is 1. The van der Waals surface area contributed by atoms with Crippen LogP contribution in [0.15, 0.2) is 128 Å². The highest BCUT2D eigenvalue weighted by Crippen LogP contribution is 2.33. The van der Waals surface area contributed by atoms with Gasteiger partial charge in [0, 0.05) is 60.0 Å². The number of hydrogen-bond donors (Lipinski definition) is 3. The van der Waals surface area contributed by atoms with Gasteiger partial charge in [-0.25, -0.2) is 36.9 Å². The summed E-state index contributed by atoms with van der Waals surface area (Å²) in [5, 5.41) is 28.4. The molecule has 0 saturated carbocycles. The van der Waals surface area contributed by atoms with Crippen molar-refractivity contribution in [2.45, 2.75) is 90.7 Å². The number of sulfone groups is 1. The first-order chi connectivity index (χ1) is 48.8. The van der Waals surface area contributed by atoms with Gasteiger partial charge in [0.15, 0.2) is 16.9 Å². The van der Waals surface area contributed by atoms with Gasteiger partial charge in [-0.3, -0.25) is 4.79 Å². The molecule has 0 unspecified atom stereocenters. The lowest BCUT2D eigenvalue weighted by Gasteiger charge is -2.22. The van der Waals surface area contributed by atoms with Gasteiger partial charge in [0.25, 0.3) is 0 Å². The molecule has 9 aromatic rings. The van der Waals surface area contributed by atoms with Crippen molar-refractivity contribution in [1.82, 2.24) is 43.8 Å². The van der Waals surface area contributed by atoms with Crippen LogP contribution >= 0.6 is 58.6 Å². The minimum absolute atomic E-state index is 0. The van der Waals surface area contributed by atoms with Gasteiger partial charge in [-0.1, -0.05) is 55.4 Å². The van der Waals surface area contributed by atoms with E-state index >= 15 is 0 Å². The predicted octanol–water partition coefficient (Wildman–Crippen LogP) is 16.8. The number of hydrogen-bond acceptors (Lipinski definition) is 20. The molecule has 0 radical (unpaired) electrons. The lowest BCUT2D eigenvalue weighted by Crippen LogP contribution is -2.27. The molecule has 4 N–H and O–H groups in total. The summed E-state index contributed by atoms with van der Waals surface area (Å²) in [5.74, 6) is 12.9. The zero-order valence-electron chi connectivity index (χ0n) is 55.0. The zero-order valence-corrected chi connectivity index (χ0v) is 59.9. The highest BCUT2D eigenvalue weighted by Gasteiger charge is 2.33. The van der Waals surface area contributed by atoms with Crippen molar-refractivity contribution in [2.24, 2.45) is 29.4 Å². The maximum Gasteiger partial charge on any atom is 0.573 e. The largest absolute Gasteiger partial charge is 0.573 e. The Hall–Kier alpha value is -7.35. The van der Waals surface area contributed by atoms with Gasteiger partial charge in [-0.2, -0.15) is 57.4 Å². The van der Waals surface area contributed by atoms with Crippen LogP contribution in [-0.4, -0.2) is 154 Å². The van der Waals surface area contributed by atoms with Crippen LogP contribution in [0.1, 0.15) is 71.6 Å².